The van der Waals surface area contributed by atoms with Gasteiger partial charge in [0.15, 0.2) is 5.96 Å². The van der Waals surface area contributed by atoms with E-state index in [1.54, 1.807) is 20.4 Å². The molecular weight excluding hydrogens is 278 g/mol. The summed E-state index contributed by atoms with van der Waals surface area (Å²) in [6, 6.07) is 7.99. The van der Waals surface area contributed by atoms with Crippen molar-refractivity contribution < 1.29 is 4.74 Å². The summed E-state index contributed by atoms with van der Waals surface area (Å²) in [6.07, 6.45) is 6.61. The van der Waals surface area contributed by atoms with Gasteiger partial charge in [0, 0.05) is 39.1 Å². The third-order valence-corrected chi connectivity index (χ3v) is 3.29. The number of nitrogens with one attached hydrogen (secondary N) is 2. The van der Waals surface area contributed by atoms with Gasteiger partial charge in [-0.3, -0.25) is 4.99 Å². The maximum atomic E-state index is 5.15. The maximum absolute atomic E-state index is 5.15. The van der Waals surface area contributed by atoms with Gasteiger partial charge in [-0.1, -0.05) is 12.1 Å². The first kappa shape index (κ1) is 15.9. The lowest BCUT2D eigenvalue weighted by molar-refractivity contribution is 0.414. The quantitative estimate of drug-likeness (QED) is 0.464. The Balaban J connectivity index is 1.68. The molecule has 0 saturated carbocycles. The molecule has 1 heterocycles. The first-order chi connectivity index (χ1) is 10.8. The Morgan fingerprint density at radius 1 is 1.27 bits per heavy atom. The number of imidazole rings is 1. The summed E-state index contributed by atoms with van der Waals surface area (Å²) in [6.45, 7) is 2.54. The highest BCUT2D eigenvalue weighted by Crippen LogP contribution is 2.10. The van der Waals surface area contributed by atoms with Crippen molar-refractivity contribution >= 4 is 5.96 Å². The molecule has 1 aromatic carbocycles. The zero-order valence-corrected chi connectivity index (χ0v) is 13.1. The van der Waals surface area contributed by atoms with Gasteiger partial charge in [-0.25, -0.2) is 4.98 Å². The van der Waals surface area contributed by atoms with Gasteiger partial charge in [0.25, 0.3) is 0 Å². The van der Waals surface area contributed by atoms with Gasteiger partial charge in [-0.15, -0.1) is 0 Å². The number of nitrogens with zero attached hydrogens (tertiary/aromatic N) is 3. The number of rotatable bonds is 7. The third kappa shape index (κ3) is 5.12. The number of hydrogen-bond donors (Lipinski definition) is 2. The van der Waals surface area contributed by atoms with Crippen molar-refractivity contribution in [1.82, 2.24) is 20.2 Å². The Morgan fingerprint density at radius 3 is 2.73 bits per heavy atom. The molecule has 22 heavy (non-hydrogen) atoms. The molecule has 0 atom stereocenters. The predicted octanol–water partition coefficient (Wildman–Crippen LogP) is 1.65. The number of guanidine groups is 1. The molecule has 6 nitrogen and oxygen atoms in total. The monoisotopic (exact) mass is 301 g/mol. The zero-order chi connectivity index (χ0) is 15.6. The average Bonchev–Trinajstić information content (AvgIpc) is 3.08. The van der Waals surface area contributed by atoms with Crippen LogP contribution in [0.25, 0.3) is 0 Å². The van der Waals surface area contributed by atoms with Crippen LogP contribution in [0.1, 0.15) is 12.0 Å². The topological polar surface area (TPSA) is 63.5 Å². The van der Waals surface area contributed by atoms with Gasteiger partial charge in [-0.2, -0.15) is 0 Å². The Kier molecular flexibility index (Phi) is 6.29. The van der Waals surface area contributed by atoms with E-state index in [0.717, 1.165) is 37.8 Å². The highest BCUT2D eigenvalue weighted by atomic mass is 16.5. The number of ether oxygens (including phenoxy) is 1. The van der Waals surface area contributed by atoms with Crippen molar-refractivity contribution in [2.45, 2.75) is 19.5 Å². The highest BCUT2D eigenvalue weighted by molar-refractivity contribution is 5.79. The van der Waals surface area contributed by atoms with Gasteiger partial charge in [0.2, 0.25) is 0 Å². The maximum Gasteiger partial charge on any atom is 0.191 e. The molecule has 6 heteroatoms. The first-order valence-electron chi connectivity index (χ1n) is 7.35. The third-order valence-electron chi connectivity index (χ3n) is 3.29. The molecule has 2 N–H and O–H groups in total. The van der Waals surface area contributed by atoms with Gasteiger partial charge in [0.05, 0.1) is 13.4 Å². The number of aliphatic imine (C=N–C) groups is 1. The molecule has 1 aromatic heterocycles. The van der Waals surface area contributed by atoms with Gasteiger partial charge < -0.3 is 19.9 Å². The molecule has 0 fully saturated rings. The Hall–Kier alpha value is -2.50. The summed E-state index contributed by atoms with van der Waals surface area (Å²) < 4.78 is 7.21. The smallest absolute Gasteiger partial charge is 0.191 e. The number of methoxy groups -OCH3 is 1. The summed E-state index contributed by atoms with van der Waals surface area (Å²) in [5.74, 6) is 1.67. The summed E-state index contributed by atoms with van der Waals surface area (Å²) >= 11 is 0. The van der Waals surface area contributed by atoms with Gasteiger partial charge >= 0.3 is 0 Å². The number of hydrogen-bond acceptors (Lipinski definition) is 3. The average molecular weight is 301 g/mol. The number of benzene rings is 1. The summed E-state index contributed by atoms with van der Waals surface area (Å²) in [5.41, 5.74) is 1.18. The largest absolute Gasteiger partial charge is 0.497 e. The molecule has 0 aliphatic carbocycles. The van der Waals surface area contributed by atoms with Crippen molar-refractivity contribution in [2.75, 3.05) is 20.7 Å². The van der Waals surface area contributed by atoms with E-state index in [0.29, 0.717) is 0 Å². The van der Waals surface area contributed by atoms with Crippen molar-refractivity contribution in [3.63, 3.8) is 0 Å². The molecule has 0 bridgehead atoms. The van der Waals surface area contributed by atoms with Crippen molar-refractivity contribution in [1.29, 1.82) is 0 Å². The molecule has 0 unspecified atom stereocenters. The molecular formula is C16H23N5O. The van der Waals surface area contributed by atoms with Crippen LogP contribution in [-0.4, -0.2) is 36.2 Å². The van der Waals surface area contributed by atoms with Crippen LogP contribution in [0.4, 0.5) is 0 Å². The number of aromatic nitrogens is 2. The lowest BCUT2D eigenvalue weighted by Gasteiger charge is -2.12. The molecule has 0 aliphatic heterocycles. The molecule has 0 radical (unpaired) electrons. The van der Waals surface area contributed by atoms with Crippen LogP contribution < -0.4 is 15.4 Å². The molecule has 0 spiro atoms. The van der Waals surface area contributed by atoms with Crippen LogP contribution in [0.3, 0.4) is 0 Å². The minimum Gasteiger partial charge on any atom is -0.497 e. The molecule has 0 aliphatic rings. The number of aryl methyl sites for hydroxylation is 1. The van der Waals surface area contributed by atoms with E-state index in [4.69, 9.17) is 4.74 Å². The van der Waals surface area contributed by atoms with E-state index in [-0.39, 0.29) is 0 Å². The van der Waals surface area contributed by atoms with E-state index in [1.807, 2.05) is 36.8 Å². The van der Waals surface area contributed by atoms with Crippen molar-refractivity contribution in [3.8, 4) is 5.75 Å². The summed E-state index contributed by atoms with van der Waals surface area (Å²) in [4.78, 5) is 8.25. The minimum atomic E-state index is 0.727. The van der Waals surface area contributed by atoms with Crippen LogP contribution in [0.15, 0.2) is 48.0 Å². The highest BCUT2D eigenvalue weighted by Gasteiger charge is 1.99. The Morgan fingerprint density at radius 2 is 2.09 bits per heavy atom. The first-order valence-corrected chi connectivity index (χ1v) is 7.35. The second-order valence-corrected chi connectivity index (χ2v) is 4.85. The van der Waals surface area contributed by atoms with Crippen LogP contribution >= 0.6 is 0 Å². The van der Waals surface area contributed by atoms with Crippen molar-refractivity contribution in [3.05, 3.63) is 48.5 Å². The van der Waals surface area contributed by atoms with E-state index in [2.05, 4.69) is 25.2 Å². The predicted molar refractivity (Wildman–Crippen MR) is 88.0 cm³/mol. The SMILES string of the molecule is CN=C(NCCCn1ccnc1)NCc1ccc(OC)cc1. The standard InChI is InChI=1S/C16H23N5O/c1-17-16(19-8-3-10-21-11-9-18-13-21)20-12-14-4-6-15(22-2)7-5-14/h4-7,9,11,13H,3,8,10,12H2,1-2H3,(H2,17,19,20). The van der Waals surface area contributed by atoms with E-state index < -0.39 is 0 Å². The van der Waals surface area contributed by atoms with E-state index >= 15 is 0 Å². The minimum absolute atomic E-state index is 0.727. The summed E-state index contributed by atoms with van der Waals surface area (Å²) in [7, 11) is 3.45. The van der Waals surface area contributed by atoms with Gasteiger partial charge in [-0.05, 0) is 24.1 Å². The van der Waals surface area contributed by atoms with Crippen LogP contribution in [0.5, 0.6) is 5.75 Å². The van der Waals surface area contributed by atoms with Crippen molar-refractivity contribution in [2.24, 2.45) is 4.99 Å². The zero-order valence-electron chi connectivity index (χ0n) is 13.1. The molecule has 0 amide bonds. The lowest BCUT2D eigenvalue weighted by Crippen LogP contribution is -2.37. The lowest BCUT2D eigenvalue weighted by atomic mass is 10.2. The van der Waals surface area contributed by atoms with Gasteiger partial charge in [0.1, 0.15) is 5.75 Å². The normalized spacial score (nSPS) is 11.3. The van der Waals surface area contributed by atoms with Crippen LogP contribution in [0.2, 0.25) is 0 Å². The second kappa shape index (κ2) is 8.71. The molecule has 0 saturated heterocycles. The van der Waals surface area contributed by atoms with E-state index in [1.165, 1.54) is 5.56 Å². The Bertz CT molecular complexity index is 563. The molecule has 2 rings (SSSR count). The fraction of sp³-hybridized carbons (Fsp3) is 0.375. The van der Waals surface area contributed by atoms with Crippen LogP contribution in [-0.2, 0) is 13.1 Å². The molecule has 118 valence electrons. The molecule has 2 aromatic rings. The van der Waals surface area contributed by atoms with Crippen LogP contribution in [0, 0.1) is 0 Å². The van der Waals surface area contributed by atoms with E-state index in [9.17, 15) is 0 Å². The summed E-state index contributed by atoms with van der Waals surface area (Å²) in [5, 5.41) is 6.60. The fourth-order valence-corrected chi connectivity index (χ4v) is 2.04. The fourth-order valence-electron chi connectivity index (χ4n) is 2.04. The second-order valence-electron chi connectivity index (χ2n) is 4.85. The Labute approximate surface area is 131 Å².